The largest absolute Gasteiger partial charge is 0.359 e. The number of nitrogens with one attached hydrogen (secondary N) is 1. The lowest BCUT2D eigenvalue weighted by Crippen LogP contribution is -2.31. The maximum Gasteiger partial charge on any atom is 0.222 e. The lowest BCUT2D eigenvalue weighted by molar-refractivity contribution is -0.125. The van der Waals surface area contributed by atoms with Gasteiger partial charge < -0.3 is 5.32 Å². The van der Waals surface area contributed by atoms with Crippen molar-refractivity contribution in [2.45, 2.75) is 39.5 Å². The Morgan fingerprint density at radius 2 is 1.85 bits per heavy atom. The minimum Gasteiger partial charge on any atom is -0.359 e. The van der Waals surface area contributed by atoms with E-state index in [0.717, 1.165) is 24.7 Å². The molecule has 1 amide bonds. The zero-order valence-electron chi connectivity index (χ0n) is 8.97. The van der Waals surface area contributed by atoms with Crippen molar-refractivity contribution in [3.8, 4) is 0 Å². The highest BCUT2D eigenvalue weighted by atomic mass is 16.1. The van der Waals surface area contributed by atoms with E-state index in [0.29, 0.717) is 5.92 Å². The normalized spacial score (nSPS) is 28.9. The van der Waals surface area contributed by atoms with Gasteiger partial charge in [-0.1, -0.05) is 13.8 Å². The van der Waals surface area contributed by atoms with Crippen LogP contribution in [0.1, 0.15) is 41.0 Å². The summed E-state index contributed by atoms with van der Waals surface area (Å²) in [6, 6.07) is 0. The quantitative estimate of drug-likeness (QED) is 0.703. The first-order chi connectivity index (χ1) is 6.15. The summed E-state index contributed by atoms with van der Waals surface area (Å²) < 4.78 is 0. The van der Waals surface area contributed by atoms with Crippen molar-refractivity contribution in [1.29, 1.82) is 0 Å². The van der Waals surface area contributed by atoms with Crippen molar-refractivity contribution in [1.82, 2.24) is 5.32 Å². The van der Waals surface area contributed by atoms with Crippen molar-refractivity contribution in [3.05, 3.63) is 0 Å². The number of rotatable bonds is 2. The number of amides is 1. The fourth-order valence-corrected chi connectivity index (χ4v) is 2.25. The molecule has 0 aliphatic heterocycles. The second kappa shape index (κ2) is 4.64. The standard InChI is InChI=1S/C11H21NO.H2/c1-8(2)9-4-6-10(7-5-9)11(13)12-3;/h8-10H,4-7H2,1-3H3,(H,12,13);1H. The van der Waals surface area contributed by atoms with E-state index in [1.54, 1.807) is 7.05 Å². The Bertz CT molecular complexity index is 174. The molecule has 0 spiro atoms. The molecule has 1 fully saturated rings. The van der Waals surface area contributed by atoms with Gasteiger partial charge in [0.15, 0.2) is 0 Å². The van der Waals surface area contributed by atoms with E-state index in [1.807, 2.05) is 0 Å². The Morgan fingerprint density at radius 1 is 1.31 bits per heavy atom. The molecule has 0 radical (unpaired) electrons. The Balaban J connectivity index is 0.00000169. The van der Waals surface area contributed by atoms with Crippen LogP contribution >= 0.6 is 0 Å². The van der Waals surface area contributed by atoms with Crippen LogP contribution in [0, 0.1) is 17.8 Å². The molecule has 1 aliphatic rings. The summed E-state index contributed by atoms with van der Waals surface area (Å²) in [5.74, 6) is 2.16. The van der Waals surface area contributed by atoms with Crippen molar-refractivity contribution < 1.29 is 6.22 Å². The van der Waals surface area contributed by atoms with E-state index in [1.165, 1.54) is 12.8 Å². The summed E-state index contributed by atoms with van der Waals surface area (Å²) in [5.41, 5.74) is 0. The van der Waals surface area contributed by atoms with Crippen LogP contribution in [0.2, 0.25) is 0 Å². The number of carbonyl (C=O) groups is 1. The van der Waals surface area contributed by atoms with Crippen LogP contribution in [-0.2, 0) is 4.79 Å². The smallest absolute Gasteiger partial charge is 0.222 e. The molecule has 0 aromatic carbocycles. The topological polar surface area (TPSA) is 29.1 Å². The molecule has 1 saturated carbocycles. The molecular formula is C11H23NO. The van der Waals surface area contributed by atoms with Gasteiger partial charge in [-0.15, -0.1) is 0 Å². The van der Waals surface area contributed by atoms with Crippen molar-refractivity contribution in [2.75, 3.05) is 7.05 Å². The first-order valence-corrected chi connectivity index (χ1v) is 5.36. The molecule has 0 saturated heterocycles. The average Bonchev–Trinajstić information content (AvgIpc) is 2.17. The van der Waals surface area contributed by atoms with Crippen LogP contribution < -0.4 is 5.32 Å². The summed E-state index contributed by atoms with van der Waals surface area (Å²) in [6.07, 6.45) is 4.64. The van der Waals surface area contributed by atoms with E-state index in [9.17, 15) is 4.79 Å². The number of hydrogen-bond donors (Lipinski definition) is 1. The van der Waals surface area contributed by atoms with Crippen LogP contribution in [0.5, 0.6) is 0 Å². The molecule has 1 aliphatic carbocycles. The second-order valence-corrected chi connectivity index (χ2v) is 4.47. The van der Waals surface area contributed by atoms with E-state index in [-0.39, 0.29) is 7.33 Å². The Morgan fingerprint density at radius 3 is 2.23 bits per heavy atom. The van der Waals surface area contributed by atoms with Crippen molar-refractivity contribution >= 4 is 5.91 Å². The summed E-state index contributed by atoms with van der Waals surface area (Å²) in [6.45, 7) is 4.57. The highest BCUT2D eigenvalue weighted by Crippen LogP contribution is 2.33. The van der Waals surface area contributed by atoms with Crippen LogP contribution in [0.3, 0.4) is 0 Å². The fourth-order valence-electron chi connectivity index (χ4n) is 2.25. The third-order valence-corrected chi connectivity index (χ3v) is 3.33. The van der Waals surface area contributed by atoms with Crippen molar-refractivity contribution in [2.24, 2.45) is 17.8 Å². The first-order valence-electron chi connectivity index (χ1n) is 5.36. The van der Waals surface area contributed by atoms with E-state index in [4.69, 9.17) is 0 Å². The van der Waals surface area contributed by atoms with Crippen LogP contribution in [-0.4, -0.2) is 13.0 Å². The van der Waals surface area contributed by atoms with E-state index < -0.39 is 0 Å². The minimum absolute atomic E-state index is 0. The molecular weight excluding hydrogens is 162 g/mol. The van der Waals surface area contributed by atoms with Gasteiger partial charge in [0.25, 0.3) is 0 Å². The Kier molecular flexibility index (Phi) is 3.76. The molecule has 0 aromatic heterocycles. The molecule has 0 heterocycles. The van der Waals surface area contributed by atoms with Gasteiger partial charge in [-0.2, -0.15) is 0 Å². The molecule has 0 aromatic rings. The SMILES string of the molecule is CNC(=O)C1CCC(C(C)C)CC1.[HH]. The van der Waals surface area contributed by atoms with Gasteiger partial charge in [-0.25, -0.2) is 0 Å². The third-order valence-electron chi connectivity index (χ3n) is 3.33. The average molecular weight is 185 g/mol. The summed E-state index contributed by atoms with van der Waals surface area (Å²) >= 11 is 0. The minimum atomic E-state index is 0. The van der Waals surface area contributed by atoms with Gasteiger partial charge in [-0.3, -0.25) is 4.79 Å². The second-order valence-electron chi connectivity index (χ2n) is 4.47. The maximum atomic E-state index is 11.3. The lowest BCUT2D eigenvalue weighted by Gasteiger charge is -2.29. The molecule has 2 heteroatoms. The summed E-state index contributed by atoms with van der Waals surface area (Å²) in [5, 5.41) is 2.74. The van der Waals surface area contributed by atoms with Gasteiger partial charge in [0.2, 0.25) is 5.91 Å². The number of hydrogen-bond acceptors (Lipinski definition) is 1. The summed E-state index contributed by atoms with van der Waals surface area (Å²) in [7, 11) is 1.73. The number of carbonyl (C=O) groups excluding carboxylic acids is 1. The zero-order valence-corrected chi connectivity index (χ0v) is 8.97. The highest BCUT2D eigenvalue weighted by Gasteiger charge is 2.26. The molecule has 13 heavy (non-hydrogen) atoms. The molecule has 78 valence electrons. The van der Waals surface area contributed by atoms with Crippen LogP contribution in [0.25, 0.3) is 0 Å². The zero-order chi connectivity index (χ0) is 9.84. The summed E-state index contributed by atoms with van der Waals surface area (Å²) in [4.78, 5) is 11.3. The Labute approximate surface area is 82.6 Å². The molecule has 2 nitrogen and oxygen atoms in total. The van der Waals surface area contributed by atoms with Crippen molar-refractivity contribution in [3.63, 3.8) is 0 Å². The molecule has 0 bridgehead atoms. The molecule has 1 rings (SSSR count). The van der Waals surface area contributed by atoms with Gasteiger partial charge in [0.1, 0.15) is 0 Å². The predicted octanol–water partition coefficient (Wildman–Crippen LogP) is 2.44. The van der Waals surface area contributed by atoms with Gasteiger partial charge in [0, 0.05) is 14.4 Å². The Hall–Kier alpha value is -0.530. The molecule has 0 atom stereocenters. The fraction of sp³-hybridized carbons (Fsp3) is 0.909. The molecule has 1 N–H and O–H groups in total. The van der Waals surface area contributed by atoms with Gasteiger partial charge >= 0.3 is 0 Å². The van der Waals surface area contributed by atoms with Crippen LogP contribution in [0.4, 0.5) is 0 Å². The highest BCUT2D eigenvalue weighted by molar-refractivity contribution is 5.78. The third kappa shape index (κ3) is 2.71. The van der Waals surface area contributed by atoms with E-state index in [2.05, 4.69) is 19.2 Å². The van der Waals surface area contributed by atoms with Crippen LogP contribution in [0.15, 0.2) is 0 Å². The monoisotopic (exact) mass is 185 g/mol. The predicted molar refractivity (Wildman–Crippen MR) is 56.5 cm³/mol. The first kappa shape index (κ1) is 10.6. The van der Waals surface area contributed by atoms with Gasteiger partial charge in [0.05, 0.1) is 0 Å². The molecule has 0 unspecified atom stereocenters. The van der Waals surface area contributed by atoms with E-state index >= 15 is 0 Å². The maximum absolute atomic E-state index is 11.3. The van der Waals surface area contributed by atoms with Gasteiger partial charge in [-0.05, 0) is 37.5 Å². The lowest BCUT2D eigenvalue weighted by atomic mass is 9.77.